The Balaban J connectivity index is 5.03. The lowest BCUT2D eigenvalue weighted by Gasteiger charge is -2.27. The number of nitrogens with zero attached hydrogens (tertiary/aromatic N) is 1. The van der Waals surface area contributed by atoms with Crippen molar-refractivity contribution < 1.29 is 37.3 Å². The number of phosphoric ester groups is 1. The summed E-state index contributed by atoms with van der Waals surface area (Å²) in [4.78, 5) is 37.8. The molecule has 0 aromatic carbocycles. The molecule has 0 bridgehead atoms. The Morgan fingerprint density at radius 3 is 1.15 bits per heavy atom. The molecule has 3 atom stereocenters. The summed E-state index contributed by atoms with van der Waals surface area (Å²) >= 11 is 0. The molecule has 0 heterocycles. The molecule has 0 saturated heterocycles. The molecule has 10 heteroatoms. The molecule has 0 rings (SSSR count). The molecule has 1 amide bonds. The average Bonchev–Trinajstić information content (AvgIpc) is 3.44. The minimum Gasteiger partial charge on any atom is -0.456 e. The third-order valence-corrected chi connectivity index (χ3v) is 16.7. The van der Waals surface area contributed by atoms with Gasteiger partial charge in [-0.2, -0.15) is 0 Å². The molecule has 0 aliphatic heterocycles. The first kappa shape index (κ1) is 79.7. The monoisotopic (exact) mass is 1170 g/mol. The van der Waals surface area contributed by atoms with Crippen molar-refractivity contribution >= 4 is 19.7 Å². The fourth-order valence-corrected chi connectivity index (χ4v) is 11.0. The third-order valence-electron chi connectivity index (χ3n) is 15.7. The number of unbranched alkanes of at least 4 members (excludes halogenated alkanes) is 40. The maximum atomic E-state index is 13.6. The van der Waals surface area contributed by atoms with E-state index in [1.165, 1.54) is 218 Å². The standard InChI is InChI=1S/C72H135N2O7P/c1-7-10-13-16-19-22-25-28-30-32-33-34-35-36-37-38-39-40-41-43-44-46-49-52-55-58-61-64-71(75)73-69(68-80-82(77,78)79-67-66-74(4,5)6)70(63-60-57-54-51-48-27-24-21-18-15-12-9-3)81-72(76)65-62-59-56-53-50-47-45-42-31-29-26-23-20-17-14-11-8-2/h20,23,28-31,45,47,60,63,69-70H,7-19,21-22,24-27,32-44,46,48-59,61-62,64-68H2,1-6H3,(H-,73,75,77,78)/p+1/b23-20-,30-28+,31-29-,47-45-,63-60-. The second-order valence-corrected chi connectivity index (χ2v) is 26.5. The van der Waals surface area contributed by atoms with Crippen LogP contribution in [0.15, 0.2) is 60.8 Å². The predicted molar refractivity (Wildman–Crippen MR) is 355 cm³/mol. The van der Waals surface area contributed by atoms with Gasteiger partial charge in [0.1, 0.15) is 19.3 Å². The zero-order valence-corrected chi connectivity index (χ0v) is 55.9. The van der Waals surface area contributed by atoms with Crippen molar-refractivity contribution in [3.63, 3.8) is 0 Å². The van der Waals surface area contributed by atoms with Gasteiger partial charge in [-0.25, -0.2) is 4.57 Å². The lowest BCUT2D eigenvalue weighted by Crippen LogP contribution is -2.47. The molecule has 2 N–H and O–H groups in total. The fourth-order valence-electron chi connectivity index (χ4n) is 10.2. The van der Waals surface area contributed by atoms with Gasteiger partial charge < -0.3 is 19.4 Å². The number of allylic oxidation sites excluding steroid dienone is 9. The first-order valence-electron chi connectivity index (χ1n) is 35.1. The van der Waals surface area contributed by atoms with Crippen molar-refractivity contribution in [3.05, 3.63) is 60.8 Å². The van der Waals surface area contributed by atoms with Crippen molar-refractivity contribution in [1.82, 2.24) is 5.32 Å². The van der Waals surface area contributed by atoms with Gasteiger partial charge in [0.15, 0.2) is 0 Å². The molecule has 0 saturated carbocycles. The number of phosphoric acid groups is 1. The molecule has 0 aromatic heterocycles. The lowest BCUT2D eigenvalue weighted by atomic mass is 10.0. The van der Waals surface area contributed by atoms with Gasteiger partial charge in [-0.05, 0) is 96.0 Å². The van der Waals surface area contributed by atoms with E-state index in [-0.39, 0.29) is 31.5 Å². The second-order valence-electron chi connectivity index (χ2n) is 25.0. The molecule has 480 valence electrons. The van der Waals surface area contributed by atoms with E-state index in [4.69, 9.17) is 13.8 Å². The molecule has 3 unspecified atom stereocenters. The summed E-state index contributed by atoms with van der Waals surface area (Å²) in [5, 5.41) is 3.07. The van der Waals surface area contributed by atoms with Gasteiger partial charge in [-0.15, -0.1) is 0 Å². The number of hydrogen-bond donors (Lipinski definition) is 2. The number of rotatable bonds is 64. The molecule has 9 nitrogen and oxygen atoms in total. The molecule has 0 radical (unpaired) electrons. The highest BCUT2D eigenvalue weighted by molar-refractivity contribution is 7.47. The van der Waals surface area contributed by atoms with Gasteiger partial charge >= 0.3 is 13.8 Å². The van der Waals surface area contributed by atoms with Crippen LogP contribution >= 0.6 is 7.82 Å². The number of quaternary nitrogens is 1. The van der Waals surface area contributed by atoms with Crippen LogP contribution < -0.4 is 5.32 Å². The van der Waals surface area contributed by atoms with E-state index in [0.29, 0.717) is 23.9 Å². The molecule has 0 fully saturated rings. The van der Waals surface area contributed by atoms with Crippen molar-refractivity contribution in [2.45, 2.75) is 348 Å². The van der Waals surface area contributed by atoms with Crippen LogP contribution in [0.1, 0.15) is 335 Å². The van der Waals surface area contributed by atoms with E-state index in [9.17, 15) is 19.0 Å². The molecular weight excluding hydrogens is 1040 g/mol. The third kappa shape index (κ3) is 62.2. The van der Waals surface area contributed by atoms with Gasteiger partial charge in [0, 0.05) is 12.8 Å². The molecule has 0 spiro atoms. The number of carbonyl (C=O) groups is 2. The minimum atomic E-state index is -4.46. The maximum absolute atomic E-state index is 13.6. The number of nitrogens with one attached hydrogen (secondary N) is 1. The Hall–Kier alpha value is -2.29. The minimum absolute atomic E-state index is 0.0366. The SMILES string of the molecule is CCCCC/C=C\C/C=C\C/C=C\CCCCCCC(=O)OC(/C=C\CCCCCCCCCCCC)C(COP(=O)(O)OCC[N+](C)(C)C)NC(=O)CCCCCCCCCCCCCCCCCCC/C=C/CCCCCCCC. The Morgan fingerprint density at radius 2 is 0.744 bits per heavy atom. The van der Waals surface area contributed by atoms with Crippen LogP contribution in [-0.2, 0) is 27.9 Å². The first-order chi connectivity index (χ1) is 39.9. The number of ether oxygens (including phenoxy) is 1. The summed E-state index contributed by atoms with van der Waals surface area (Å²) in [7, 11) is 1.49. The van der Waals surface area contributed by atoms with E-state index < -0.39 is 20.0 Å². The smallest absolute Gasteiger partial charge is 0.456 e. The van der Waals surface area contributed by atoms with Crippen LogP contribution in [0.5, 0.6) is 0 Å². The Labute approximate surface area is 509 Å². The first-order valence-corrected chi connectivity index (χ1v) is 36.6. The van der Waals surface area contributed by atoms with Crippen molar-refractivity contribution in [3.8, 4) is 0 Å². The Kier molecular flexibility index (Phi) is 60.1. The van der Waals surface area contributed by atoms with Gasteiger partial charge in [0.2, 0.25) is 5.91 Å². The highest BCUT2D eigenvalue weighted by Gasteiger charge is 2.30. The average molecular weight is 1170 g/mol. The van der Waals surface area contributed by atoms with Crippen LogP contribution in [0.4, 0.5) is 0 Å². The van der Waals surface area contributed by atoms with Crippen LogP contribution in [0.3, 0.4) is 0 Å². The predicted octanol–water partition coefficient (Wildman–Crippen LogP) is 22.2. The second kappa shape index (κ2) is 61.8. The van der Waals surface area contributed by atoms with Gasteiger partial charge in [0.05, 0.1) is 33.8 Å². The van der Waals surface area contributed by atoms with Crippen LogP contribution in [0, 0.1) is 0 Å². The summed E-state index contributed by atoms with van der Waals surface area (Å²) in [5.41, 5.74) is 0. The normalized spacial score (nSPS) is 13.9. The maximum Gasteiger partial charge on any atom is 0.472 e. The van der Waals surface area contributed by atoms with E-state index in [1.807, 2.05) is 33.3 Å². The summed E-state index contributed by atoms with van der Waals surface area (Å²) in [5.74, 6) is -0.519. The van der Waals surface area contributed by atoms with E-state index >= 15 is 0 Å². The fraction of sp³-hybridized carbons (Fsp3) is 0.833. The zero-order chi connectivity index (χ0) is 60.0. The largest absolute Gasteiger partial charge is 0.472 e. The van der Waals surface area contributed by atoms with E-state index in [1.54, 1.807) is 0 Å². The number of hydrogen-bond acceptors (Lipinski definition) is 6. The summed E-state index contributed by atoms with van der Waals surface area (Å²) in [6.07, 6.45) is 79.5. The van der Waals surface area contributed by atoms with Gasteiger partial charge in [0.25, 0.3) is 0 Å². The van der Waals surface area contributed by atoms with Crippen molar-refractivity contribution in [1.29, 1.82) is 0 Å². The topological polar surface area (TPSA) is 111 Å². The Morgan fingerprint density at radius 1 is 0.427 bits per heavy atom. The number of likely N-dealkylation sites (N-methyl/N-ethyl adjacent to an activating group) is 1. The highest BCUT2D eigenvalue weighted by atomic mass is 31.2. The van der Waals surface area contributed by atoms with Crippen molar-refractivity contribution in [2.75, 3.05) is 40.9 Å². The van der Waals surface area contributed by atoms with Crippen LogP contribution in [0.2, 0.25) is 0 Å². The highest BCUT2D eigenvalue weighted by Crippen LogP contribution is 2.43. The molecular formula is C72H136N2O7P+. The summed E-state index contributed by atoms with van der Waals surface area (Å²) in [6, 6.07) is -0.858. The summed E-state index contributed by atoms with van der Waals surface area (Å²) < 4.78 is 30.8. The van der Waals surface area contributed by atoms with Gasteiger partial charge in [-0.1, -0.05) is 287 Å². The zero-order valence-electron chi connectivity index (χ0n) is 55.0. The van der Waals surface area contributed by atoms with Gasteiger partial charge in [-0.3, -0.25) is 18.6 Å². The van der Waals surface area contributed by atoms with Crippen LogP contribution in [-0.4, -0.2) is 74.3 Å². The molecule has 82 heavy (non-hydrogen) atoms. The number of carbonyl (C=O) groups excluding carboxylic acids is 2. The van der Waals surface area contributed by atoms with Crippen molar-refractivity contribution in [2.24, 2.45) is 0 Å². The Bertz CT molecular complexity index is 1590. The van der Waals surface area contributed by atoms with E-state index in [2.05, 4.69) is 74.7 Å². The molecule has 0 aliphatic carbocycles. The van der Waals surface area contributed by atoms with Crippen LogP contribution in [0.25, 0.3) is 0 Å². The van der Waals surface area contributed by atoms with E-state index in [0.717, 1.165) is 77.0 Å². The number of amides is 1. The number of esters is 1. The molecule has 0 aliphatic rings. The summed E-state index contributed by atoms with van der Waals surface area (Å²) in [6.45, 7) is 7.00. The quantitative estimate of drug-likeness (QED) is 0.0205. The lowest BCUT2D eigenvalue weighted by molar-refractivity contribution is -0.870. The molecule has 0 aromatic rings.